The van der Waals surface area contributed by atoms with E-state index in [1.165, 1.54) is 12.8 Å². The van der Waals surface area contributed by atoms with Crippen molar-refractivity contribution in [1.82, 2.24) is 4.90 Å². The average molecular weight is 255 g/mol. The number of halogens is 1. The van der Waals surface area contributed by atoms with Gasteiger partial charge in [-0.3, -0.25) is 4.90 Å². The summed E-state index contributed by atoms with van der Waals surface area (Å²) < 4.78 is 0. The minimum Gasteiger partial charge on any atom is -0.508 e. The van der Waals surface area contributed by atoms with Crippen LogP contribution in [0.5, 0.6) is 5.75 Å². The summed E-state index contributed by atoms with van der Waals surface area (Å²) in [6.45, 7) is 3.59. The molecular weight excluding hydrogens is 236 g/mol. The molecule has 1 saturated heterocycles. The lowest BCUT2D eigenvalue weighted by Crippen LogP contribution is -2.37. The molecule has 3 N–H and O–H groups in total. The Labute approximate surface area is 107 Å². The molecule has 0 amide bonds. The van der Waals surface area contributed by atoms with Gasteiger partial charge < -0.3 is 10.8 Å². The molecule has 1 fully saturated rings. The van der Waals surface area contributed by atoms with Gasteiger partial charge in [0.15, 0.2) is 0 Å². The Bertz CT molecular complexity index is 384. The van der Waals surface area contributed by atoms with E-state index in [1.807, 2.05) is 6.07 Å². The van der Waals surface area contributed by atoms with E-state index in [4.69, 9.17) is 17.3 Å². The molecule has 17 heavy (non-hydrogen) atoms. The van der Waals surface area contributed by atoms with Gasteiger partial charge in [-0.2, -0.15) is 0 Å². The van der Waals surface area contributed by atoms with Crippen LogP contribution in [0.1, 0.15) is 18.4 Å². The van der Waals surface area contributed by atoms with Gasteiger partial charge in [-0.1, -0.05) is 11.6 Å². The Hall–Kier alpha value is -0.770. The smallest absolute Gasteiger partial charge is 0.120 e. The Morgan fingerprint density at radius 3 is 3.06 bits per heavy atom. The number of likely N-dealkylation sites (tertiary alicyclic amines) is 1. The predicted molar refractivity (Wildman–Crippen MR) is 70.2 cm³/mol. The summed E-state index contributed by atoms with van der Waals surface area (Å²) in [5.74, 6) is 0.911. The number of aromatic hydroxyl groups is 1. The number of benzene rings is 1. The third-order valence-electron chi connectivity index (χ3n) is 3.37. The third kappa shape index (κ3) is 3.35. The van der Waals surface area contributed by atoms with E-state index in [9.17, 15) is 5.11 Å². The second kappa shape index (κ2) is 5.71. The van der Waals surface area contributed by atoms with E-state index in [2.05, 4.69) is 4.90 Å². The number of phenolic OH excluding ortho intramolecular Hbond substituents is 1. The van der Waals surface area contributed by atoms with E-state index in [-0.39, 0.29) is 0 Å². The molecular formula is C13H19ClN2O. The molecule has 1 aliphatic rings. The number of nitrogens with two attached hydrogens (primary N) is 1. The zero-order chi connectivity index (χ0) is 12.3. The zero-order valence-electron chi connectivity index (χ0n) is 9.90. The van der Waals surface area contributed by atoms with Crippen molar-refractivity contribution in [2.45, 2.75) is 19.4 Å². The molecule has 1 atom stereocenters. The molecule has 0 aliphatic carbocycles. The molecule has 2 rings (SSSR count). The third-order valence-corrected chi connectivity index (χ3v) is 3.61. The summed E-state index contributed by atoms with van der Waals surface area (Å²) in [7, 11) is 0. The predicted octanol–water partition coefficient (Wildman–Crippen LogP) is 2.22. The number of hydrogen-bond acceptors (Lipinski definition) is 3. The van der Waals surface area contributed by atoms with Gasteiger partial charge in [-0.25, -0.2) is 0 Å². The maximum absolute atomic E-state index is 9.78. The Balaban J connectivity index is 2.02. The maximum Gasteiger partial charge on any atom is 0.120 e. The molecule has 0 radical (unpaired) electrons. The number of phenols is 1. The first-order valence-corrected chi connectivity index (χ1v) is 6.46. The number of nitrogens with zero attached hydrogens (tertiary/aromatic N) is 1. The lowest BCUT2D eigenvalue weighted by molar-refractivity contribution is 0.169. The van der Waals surface area contributed by atoms with Crippen molar-refractivity contribution >= 4 is 11.6 Å². The maximum atomic E-state index is 9.78. The highest BCUT2D eigenvalue weighted by molar-refractivity contribution is 6.30. The number of hydrogen-bond donors (Lipinski definition) is 2. The standard InChI is InChI=1S/C13H19ClN2O/c14-12-3-4-13(17)11(6-12)9-16-5-1-2-10(7-15)8-16/h3-4,6,10,17H,1-2,5,7-9,15H2. The molecule has 0 spiro atoms. The monoisotopic (exact) mass is 254 g/mol. The Kier molecular flexibility index (Phi) is 4.26. The lowest BCUT2D eigenvalue weighted by Gasteiger charge is -2.32. The molecule has 1 aliphatic heterocycles. The summed E-state index contributed by atoms with van der Waals surface area (Å²) in [6, 6.07) is 5.20. The summed E-state index contributed by atoms with van der Waals surface area (Å²) in [4.78, 5) is 2.34. The molecule has 0 aromatic heterocycles. The van der Waals surface area contributed by atoms with Crippen molar-refractivity contribution in [3.8, 4) is 5.75 Å². The summed E-state index contributed by atoms with van der Waals surface area (Å²) >= 11 is 5.94. The van der Waals surface area contributed by atoms with Crippen LogP contribution in [-0.4, -0.2) is 29.6 Å². The van der Waals surface area contributed by atoms with Gasteiger partial charge in [0.2, 0.25) is 0 Å². The highest BCUT2D eigenvalue weighted by atomic mass is 35.5. The van der Waals surface area contributed by atoms with Crippen LogP contribution in [0.25, 0.3) is 0 Å². The minimum absolute atomic E-state index is 0.323. The van der Waals surface area contributed by atoms with Gasteiger partial charge in [0.05, 0.1) is 0 Å². The largest absolute Gasteiger partial charge is 0.508 e. The molecule has 3 nitrogen and oxygen atoms in total. The molecule has 1 heterocycles. The van der Waals surface area contributed by atoms with Crippen molar-refractivity contribution in [2.24, 2.45) is 11.7 Å². The fourth-order valence-electron chi connectivity index (χ4n) is 2.41. The summed E-state index contributed by atoms with van der Waals surface area (Å²) in [5.41, 5.74) is 6.61. The van der Waals surface area contributed by atoms with Gasteiger partial charge in [-0.15, -0.1) is 0 Å². The van der Waals surface area contributed by atoms with Crippen LogP contribution in [0.3, 0.4) is 0 Å². The van der Waals surface area contributed by atoms with Crippen LogP contribution in [0.15, 0.2) is 18.2 Å². The first-order chi connectivity index (χ1) is 8.19. The van der Waals surface area contributed by atoms with E-state index in [0.717, 1.165) is 31.7 Å². The molecule has 1 aromatic carbocycles. The fraction of sp³-hybridized carbons (Fsp3) is 0.538. The highest BCUT2D eigenvalue weighted by Gasteiger charge is 2.19. The van der Waals surface area contributed by atoms with Gasteiger partial charge in [0.25, 0.3) is 0 Å². The van der Waals surface area contributed by atoms with Crippen LogP contribution in [0.2, 0.25) is 5.02 Å². The van der Waals surface area contributed by atoms with Crippen LogP contribution in [0, 0.1) is 5.92 Å². The summed E-state index contributed by atoms with van der Waals surface area (Å²) in [6.07, 6.45) is 2.40. The highest BCUT2D eigenvalue weighted by Crippen LogP contribution is 2.25. The first-order valence-electron chi connectivity index (χ1n) is 6.09. The second-order valence-electron chi connectivity index (χ2n) is 4.75. The van der Waals surface area contributed by atoms with E-state index < -0.39 is 0 Å². The molecule has 94 valence electrons. The Morgan fingerprint density at radius 2 is 2.29 bits per heavy atom. The first kappa shape index (κ1) is 12.7. The Morgan fingerprint density at radius 1 is 1.47 bits per heavy atom. The van der Waals surface area contributed by atoms with E-state index in [0.29, 0.717) is 16.7 Å². The average Bonchev–Trinajstić information content (AvgIpc) is 2.34. The molecule has 1 aromatic rings. The van der Waals surface area contributed by atoms with E-state index in [1.54, 1.807) is 12.1 Å². The molecule has 1 unspecified atom stereocenters. The minimum atomic E-state index is 0.323. The zero-order valence-corrected chi connectivity index (χ0v) is 10.7. The fourth-order valence-corrected chi connectivity index (χ4v) is 2.60. The van der Waals surface area contributed by atoms with Crippen LogP contribution >= 0.6 is 11.6 Å². The van der Waals surface area contributed by atoms with Crippen molar-refractivity contribution in [1.29, 1.82) is 0 Å². The molecule has 0 bridgehead atoms. The summed E-state index contributed by atoms with van der Waals surface area (Å²) in [5, 5.41) is 10.5. The van der Waals surface area contributed by atoms with Crippen LogP contribution in [-0.2, 0) is 6.54 Å². The SMILES string of the molecule is NCC1CCCN(Cc2cc(Cl)ccc2O)C1. The topological polar surface area (TPSA) is 49.5 Å². The van der Waals surface area contributed by atoms with Gasteiger partial charge in [0.1, 0.15) is 5.75 Å². The van der Waals surface area contributed by atoms with E-state index >= 15 is 0 Å². The lowest BCUT2D eigenvalue weighted by atomic mass is 9.98. The quantitative estimate of drug-likeness (QED) is 0.870. The van der Waals surface area contributed by atoms with Gasteiger partial charge >= 0.3 is 0 Å². The van der Waals surface area contributed by atoms with Crippen LogP contribution in [0.4, 0.5) is 0 Å². The van der Waals surface area contributed by atoms with Gasteiger partial charge in [0, 0.05) is 23.7 Å². The van der Waals surface area contributed by atoms with Gasteiger partial charge in [-0.05, 0) is 50.0 Å². The number of rotatable bonds is 3. The normalized spacial score (nSPS) is 21.6. The second-order valence-corrected chi connectivity index (χ2v) is 5.19. The van der Waals surface area contributed by atoms with Crippen molar-refractivity contribution in [3.63, 3.8) is 0 Å². The van der Waals surface area contributed by atoms with Crippen molar-refractivity contribution < 1.29 is 5.11 Å². The molecule has 4 heteroatoms. The number of piperidine rings is 1. The van der Waals surface area contributed by atoms with Crippen molar-refractivity contribution in [3.05, 3.63) is 28.8 Å². The van der Waals surface area contributed by atoms with Crippen molar-refractivity contribution in [2.75, 3.05) is 19.6 Å². The molecule has 0 saturated carbocycles. The van der Waals surface area contributed by atoms with Crippen LogP contribution < -0.4 is 5.73 Å².